The number of nitrogens with one attached hydrogen (secondary N) is 2. The van der Waals surface area contributed by atoms with E-state index in [9.17, 15) is 0 Å². The first kappa shape index (κ1) is 23.7. The molecular formula is C22H35IN6. The molecular weight excluding hydrogens is 475 g/mol. The molecule has 1 saturated heterocycles. The van der Waals surface area contributed by atoms with Gasteiger partial charge in [-0.15, -0.1) is 24.0 Å². The first-order valence-corrected chi connectivity index (χ1v) is 10.3. The molecule has 29 heavy (non-hydrogen) atoms. The summed E-state index contributed by atoms with van der Waals surface area (Å²) in [5.41, 5.74) is 2.75. The van der Waals surface area contributed by atoms with Crippen LogP contribution in [0.1, 0.15) is 18.1 Å². The summed E-state index contributed by atoms with van der Waals surface area (Å²) in [5, 5.41) is 6.85. The summed E-state index contributed by atoms with van der Waals surface area (Å²) in [6.45, 7) is 11.6. The summed E-state index contributed by atoms with van der Waals surface area (Å²) < 4.78 is 2.16. The van der Waals surface area contributed by atoms with Gasteiger partial charge in [0.25, 0.3) is 0 Å². The number of halogens is 1. The van der Waals surface area contributed by atoms with Crippen molar-refractivity contribution in [3.63, 3.8) is 0 Å². The third-order valence-electron chi connectivity index (χ3n) is 5.42. The van der Waals surface area contributed by atoms with Gasteiger partial charge in [-0.2, -0.15) is 0 Å². The molecule has 2 heterocycles. The van der Waals surface area contributed by atoms with Crippen molar-refractivity contribution in [1.29, 1.82) is 0 Å². The molecule has 0 saturated carbocycles. The molecule has 0 bridgehead atoms. The maximum atomic E-state index is 4.35. The molecule has 1 fully saturated rings. The minimum absolute atomic E-state index is 0. The second-order valence-electron chi connectivity index (χ2n) is 7.25. The minimum atomic E-state index is 0. The van der Waals surface area contributed by atoms with Gasteiger partial charge >= 0.3 is 0 Å². The normalized spacial score (nSPS) is 15.7. The molecule has 1 aromatic heterocycles. The summed E-state index contributed by atoms with van der Waals surface area (Å²) in [5.74, 6) is 0.846. The highest BCUT2D eigenvalue weighted by Crippen LogP contribution is 2.13. The molecule has 1 aromatic carbocycles. The number of likely N-dealkylation sites (N-methyl/N-ethyl adjacent to an activating group) is 1. The van der Waals surface area contributed by atoms with Gasteiger partial charge in [-0.1, -0.05) is 31.2 Å². The molecule has 0 spiro atoms. The van der Waals surface area contributed by atoms with Crippen molar-refractivity contribution in [2.45, 2.75) is 26.6 Å². The molecule has 7 heteroatoms. The van der Waals surface area contributed by atoms with Crippen LogP contribution in [0.4, 0.5) is 0 Å². The Bertz CT molecular complexity index is 723. The fourth-order valence-electron chi connectivity index (χ4n) is 3.61. The van der Waals surface area contributed by atoms with Crippen LogP contribution in [0, 0.1) is 0 Å². The SMILES string of the molecule is CCN1CCN(Cc2ccccc2CNC(=NC)NCCn2cccc2)CC1.I. The second-order valence-corrected chi connectivity index (χ2v) is 7.25. The minimum Gasteiger partial charge on any atom is -0.355 e. The van der Waals surface area contributed by atoms with Crippen LogP contribution in [0.5, 0.6) is 0 Å². The van der Waals surface area contributed by atoms with Gasteiger partial charge in [-0.05, 0) is 29.8 Å². The zero-order chi connectivity index (χ0) is 19.6. The monoisotopic (exact) mass is 510 g/mol. The smallest absolute Gasteiger partial charge is 0.191 e. The van der Waals surface area contributed by atoms with Gasteiger partial charge in [-0.3, -0.25) is 9.89 Å². The third-order valence-corrected chi connectivity index (χ3v) is 5.42. The number of rotatable bonds is 8. The number of nitrogens with zero attached hydrogens (tertiary/aromatic N) is 4. The lowest BCUT2D eigenvalue weighted by Crippen LogP contribution is -2.45. The van der Waals surface area contributed by atoms with Crippen molar-refractivity contribution >= 4 is 29.9 Å². The molecule has 0 aliphatic carbocycles. The Kier molecular flexibility index (Phi) is 10.5. The highest BCUT2D eigenvalue weighted by Gasteiger charge is 2.16. The fraction of sp³-hybridized carbons (Fsp3) is 0.500. The molecule has 0 unspecified atom stereocenters. The standard InChI is InChI=1S/C22H34N6.HI/c1-3-26-14-16-28(17-15-26)19-21-9-5-4-8-20(21)18-25-22(23-2)24-10-13-27-11-6-7-12-27;/h4-9,11-12H,3,10,13-19H2,1-2H3,(H2,23,24,25);1H. The van der Waals surface area contributed by atoms with Crippen molar-refractivity contribution in [3.05, 3.63) is 59.9 Å². The van der Waals surface area contributed by atoms with Crippen LogP contribution in [0.3, 0.4) is 0 Å². The summed E-state index contributed by atoms with van der Waals surface area (Å²) >= 11 is 0. The Morgan fingerprint density at radius 1 is 0.931 bits per heavy atom. The molecule has 1 aliphatic rings. The lowest BCUT2D eigenvalue weighted by atomic mass is 10.1. The average molecular weight is 510 g/mol. The van der Waals surface area contributed by atoms with E-state index in [1.165, 1.54) is 24.2 Å². The summed E-state index contributed by atoms with van der Waals surface area (Å²) in [4.78, 5) is 9.44. The molecule has 2 N–H and O–H groups in total. The molecule has 0 amide bonds. The Morgan fingerprint density at radius 3 is 2.24 bits per heavy atom. The predicted octanol–water partition coefficient (Wildman–Crippen LogP) is 2.61. The van der Waals surface area contributed by atoms with Gasteiger partial charge < -0.3 is 20.1 Å². The highest BCUT2D eigenvalue weighted by atomic mass is 127. The average Bonchev–Trinajstić information content (AvgIpc) is 3.25. The Labute approximate surface area is 192 Å². The molecule has 2 aromatic rings. The van der Waals surface area contributed by atoms with Crippen LogP contribution in [0.15, 0.2) is 53.8 Å². The lowest BCUT2D eigenvalue weighted by molar-refractivity contribution is 0.131. The molecule has 0 atom stereocenters. The topological polar surface area (TPSA) is 47.8 Å². The highest BCUT2D eigenvalue weighted by molar-refractivity contribution is 14.0. The van der Waals surface area contributed by atoms with Crippen molar-refractivity contribution < 1.29 is 0 Å². The van der Waals surface area contributed by atoms with Crippen molar-refractivity contribution in [1.82, 2.24) is 25.0 Å². The van der Waals surface area contributed by atoms with Crippen LogP contribution >= 0.6 is 24.0 Å². The number of guanidine groups is 1. The van der Waals surface area contributed by atoms with Crippen LogP contribution in [0.2, 0.25) is 0 Å². The third kappa shape index (κ3) is 7.64. The van der Waals surface area contributed by atoms with Gasteiger partial charge in [0.05, 0.1) is 0 Å². The van der Waals surface area contributed by atoms with Gasteiger partial charge in [0.1, 0.15) is 0 Å². The zero-order valence-corrected chi connectivity index (χ0v) is 20.0. The van der Waals surface area contributed by atoms with E-state index < -0.39 is 0 Å². The number of benzene rings is 1. The van der Waals surface area contributed by atoms with Crippen molar-refractivity contribution in [3.8, 4) is 0 Å². The van der Waals surface area contributed by atoms with E-state index in [1.54, 1.807) is 0 Å². The summed E-state index contributed by atoms with van der Waals surface area (Å²) in [6.07, 6.45) is 4.16. The van der Waals surface area contributed by atoms with Crippen LogP contribution in [-0.4, -0.2) is 66.6 Å². The van der Waals surface area contributed by atoms with E-state index >= 15 is 0 Å². The van der Waals surface area contributed by atoms with E-state index in [2.05, 4.69) is 73.6 Å². The number of aliphatic imine (C=N–C) groups is 1. The summed E-state index contributed by atoms with van der Waals surface area (Å²) in [7, 11) is 1.82. The van der Waals surface area contributed by atoms with E-state index in [0.717, 1.165) is 51.8 Å². The molecule has 0 radical (unpaired) electrons. The van der Waals surface area contributed by atoms with E-state index in [4.69, 9.17) is 0 Å². The fourth-order valence-corrected chi connectivity index (χ4v) is 3.61. The van der Waals surface area contributed by atoms with Gasteiger partial charge in [-0.25, -0.2) is 0 Å². The van der Waals surface area contributed by atoms with E-state index in [1.807, 2.05) is 19.2 Å². The predicted molar refractivity (Wildman–Crippen MR) is 132 cm³/mol. The maximum absolute atomic E-state index is 4.35. The van der Waals surface area contributed by atoms with E-state index in [-0.39, 0.29) is 24.0 Å². The maximum Gasteiger partial charge on any atom is 0.191 e. The molecule has 6 nitrogen and oxygen atoms in total. The first-order chi connectivity index (χ1) is 13.8. The largest absolute Gasteiger partial charge is 0.355 e. The number of aromatic nitrogens is 1. The van der Waals surface area contributed by atoms with Crippen molar-refractivity contribution in [2.24, 2.45) is 4.99 Å². The second kappa shape index (κ2) is 12.9. The van der Waals surface area contributed by atoms with Gasteiger partial charge in [0.2, 0.25) is 0 Å². The lowest BCUT2D eigenvalue weighted by Gasteiger charge is -2.34. The number of hydrogen-bond acceptors (Lipinski definition) is 3. The summed E-state index contributed by atoms with van der Waals surface area (Å²) in [6, 6.07) is 12.8. The Morgan fingerprint density at radius 2 is 1.59 bits per heavy atom. The van der Waals surface area contributed by atoms with Crippen LogP contribution in [-0.2, 0) is 19.6 Å². The quantitative estimate of drug-likeness (QED) is 0.326. The Hall–Kier alpha value is -1.58. The van der Waals surface area contributed by atoms with Crippen LogP contribution < -0.4 is 10.6 Å². The number of piperazine rings is 1. The first-order valence-electron chi connectivity index (χ1n) is 10.3. The van der Waals surface area contributed by atoms with Crippen molar-refractivity contribution in [2.75, 3.05) is 46.3 Å². The van der Waals surface area contributed by atoms with Crippen LogP contribution in [0.25, 0.3) is 0 Å². The zero-order valence-electron chi connectivity index (χ0n) is 17.7. The molecule has 3 rings (SSSR count). The molecule has 1 aliphatic heterocycles. The Balaban J connectivity index is 0.00000300. The van der Waals surface area contributed by atoms with E-state index in [0.29, 0.717) is 0 Å². The molecule has 160 valence electrons. The van der Waals surface area contributed by atoms with Gasteiger partial charge in [0, 0.05) is 71.8 Å². The number of hydrogen-bond donors (Lipinski definition) is 2. The van der Waals surface area contributed by atoms with Gasteiger partial charge in [0.15, 0.2) is 5.96 Å².